The van der Waals surface area contributed by atoms with Crippen molar-refractivity contribution in [2.75, 3.05) is 18.1 Å². The lowest BCUT2D eigenvalue weighted by Gasteiger charge is -2.26. The highest BCUT2D eigenvalue weighted by atomic mass is 32.2. The van der Waals surface area contributed by atoms with Gasteiger partial charge in [0.25, 0.3) is 5.69 Å². The van der Waals surface area contributed by atoms with E-state index in [-0.39, 0.29) is 28.2 Å². The van der Waals surface area contributed by atoms with Crippen LogP contribution in [0.5, 0.6) is 0 Å². The van der Waals surface area contributed by atoms with Crippen molar-refractivity contribution < 1.29 is 18.4 Å². The molecule has 1 unspecified atom stereocenters. The molecule has 0 bridgehead atoms. The number of aliphatic hydroxyl groups is 1. The highest BCUT2D eigenvalue weighted by molar-refractivity contribution is 7.90. The van der Waals surface area contributed by atoms with E-state index >= 15 is 0 Å². The predicted molar refractivity (Wildman–Crippen MR) is 80.2 cm³/mol. The van der Waals surface area contributed by atoms with Gasteiger partial charge in [0.05, 0.1) is 21.6 Å². The maximum Gasteiger partial charge on any atom is 0.270 e. The van der Waals surface area contributed by atoms with Crippen LogP contribution in [-0.4, -0.2) is 37.4 Å². The number of nitrogens with one attached hydrogen (secondary N) is 1. The first-order valence-corrected chi connectivity index (χ1v) is 8.22. The molecular weight excluding hydrogens is 296 g/mol. The third-order valence-electron chi connectivity index (χ3n) is 3.06. The van der Waals surface area contributed by atoms with E-state index < -0.39 is 20.9 Å². The number of aliphatic hydroxyl groups excluding tert-OH is 1. The molecule has 0 saturated heterocycles. The summed E-state index contributed by atoms with van der Waals surface area (Å²) in [5, 5.41) is 23.5. The van der Waals surface area contributed by atoms with Crippen LogP contribution in [0, 0.1) is 15.5 Å². The van der Waals surface area contributed by atoms with Crippen molar-refractivity contribution in [3.8, 4) is 0 Å². The van der Waals surface area contributed by atoms with Gasteiger partial charge >= 0.3 is 0 Å². The van der Waals surface area contributed by atoms with Gasteiger partial charge in [-0.25, -0.2) is 8.42 Å². The maximum atomic E-state index is 11.7. The summed E-state index contributed by atoms with van der Waals surface area (Å²) < 4.78 is 23.5. The fraction of sp³-hybridized carbons (Fsp3) is 0.538. The Balaban J connectivity index is 3.11. The summed E-state index contributed by atoms with van der Waals surface area (Å²) in [6.07, 6.45) is 0.289. The molecule has 0 saturated carbocycles. The predicted octanol–water partition coefficient (Wildman–Crippen LogP) is 1.82. The van der Waals surface area contributed by atoms with Gasteiger partial charge in [0, 0.05) is 24.9 Å². The molecule has 0 spiro atoms. The molecule has 21 heavy (non-hydrogen) atoms. The zero-order chi connectivity index (χ0) is 16.4. The number of nitrogens with zero attached hydrogens (tertiary/aromatic N) is 1. The lowest BCUT2D eigenvalue weighted by Crippen LogP contribution is -2.33. The topological polar surface area (TPSA) is 110 Å². The van der Waals surface area contributed by atoms with Gasteiger partial charge in [-0.1, -0.05) is 20.8 Å². The zero-order valence-corrected chi connectivity index (χ0v) is 13.3. The van der Waals surface area contributed by atoms with Crippen LogP contribution in [0.1, 0.15) is 20.8 Å². The molecule has 0 aliphatic carbocycles. The SMILES string of the molecule is CC(C)(C)C(O)CNc1ccc([N+](=O)[O-])cc1S(C)(=O)=O. The molecule has 0 fully saturated rings. The molecular formula is C13H20N2O5S. The summed E-state index contributed by atoms with van der Waals surface area (Å²) in [5.74, 6) is 0. The van der Waals surface area contributed by atoms with Gasteiger partial charge in [-0.05, 0) is 11.5 Å². The van der Waals surface area contributed by atoms with E-state index in [0.29, 0.717) is 0 Å². The monoisotopic (exact) mass is 316 g/mol. The Hall–Kier alpha value is -1.67. The molecule has 1 rings (SSSR count). The number of benzene rings is 1. The Kier molecular flexibility index (Phi) is 4.95. The number of nitro groups is 1. The second-order valence-electron chi connectivity index (χ2n) is 5.97. The van der Waals surface area contributed by atoms with Crippen molar-refractivity contribution in [2.45, 2.75) is 31.8 Å². The van der Waals surface area contributed by atoms with Crippen LogP contribution in [-0.2, 0) is 9.84 Å². The van der Waals surface area contributed by atoms with Crippen LogP contribution < -0.4 is 5.32 Å². The van der Waals surface area contributed by atoms with Crippen LogP contribution in [0.15, 0.2) is 23.1 Å². The molecule has 8 heteroatoms. The van der Waals surface area contributed by atoms with Crippen molar-refractivity contribution in [3.05, 3.63) is 28.3 Å². The molecule has 1 aromatic rings. The zero-order valence-electron chi connectivity index (χ0n) is 12.5. The largest absolute Gasteiger partial charge is 0.391 e. The fourth-order valence-corrected chi connectivity index (χ4v) is 2.46. The average molecular weight is 316 g/mol. The summed E-state index contributed by atoms with van der Waals surface area (Å²) >= 11 is 0. The minimum Gasteiger partial charge on any atom is -0.391 e. The minimum atomic E-state index is -3.62. The van der Waals surface area contributed by atoms with Gasteiger partial charge < -0.3 is 10.4 Å². The standard InChI is InChI=1S/C13H20N2O5S/c1-13(2,3)12(16)8-14-10-6-5-9(15(17)18)7-11(10)21(4,19)20/h5-7,12,14,16H,8H2,1-4H3. The molecule has 0 amide bonds. The Morgan fingerprint density at radius 1 is 1.38 bits per heavy atom. The third kappa shape index (κ3) is 4.68. The summed E-state index contributed by atoms with van der Waals surface area (Å²) in [7, 11) is -3.62. The normalized spacial score (nSPS) is 13.8. The van der Waals surface area contributed by atoms with Gasteiger partial charge in [-0.15, -0.1) is 0 Å². The molecule has 1 aromatic carbocycles. The Labute approximate surface area is 124 Å². The molecule has 0 aliphatic heterocycles. The number of anilines is 1. The fourth-order valence-electron chi connectivity index (χ4n) is 1.59. The lowest BCUT2D eigenvalue weighted by molar-refractivity contribution is -0.385. The molecule has 118 valence electrons. The first-order valence-electron chi connectivity index (χ1n) is 6.33. The highest BCUT2D eigenvalue weighted by Gasteiger charge is 2.23. The van der Waals surface area contributed by atoms with Crippen LogP contribution in [0.3, 0.4) is 0 Å². The summed E-state index contributed by atoms with van der Waals surface area (Å²) in [4.78, 5) is 9.93. The van der Waals surface area contributed by atoms with Gasteiger partial charge in [-0.3, -0.25) is 10.1 Å². The second-order valence-corrected chi connectivity index (χ2v) is 7.96. The number of nitro benzene ring substituents is 1. The summed E-state index contributed by atoms with van der Waals surface area (Å²) in [6.45, 7) is 5.70. The number of sulfone groups is 1. The van der Waals surface area contributed by atoms with Gasteiger partial charge in [-0.2, -0.15) is 0 Å². The van der Waals surface area contributed by atoms with Crippen LogP contribution >= 0.6 is 0 Å². The maximum absolute atomic E-state index is 11.7. The number of non-ortho nitro benzene ring substituents is 1. The van der Waals surface area contributed by atoms with E-state index in [9.17, 15) is 23.6 Å². The number of hydrogen-bond donors (Lipinski definition) is 2. The van der Waals surface area contributed by atoms with Crippen LogP contribution in [0.2, 0.25) is 0 Å². The van der Waals surface area contributed by atoms with E-state index in [1.807, 2.05) is 20.8 Å². The molecule has 1 atom stereocenters. The van der Waals surface area contributed by atoms with Crippen molar-refractivity contribution >= 4 is 21.2 Å². The number of hydrogen-bond acceptors (Lipinski definition) is 6. The van der Waals surface area contributed by atoms with Crippen molar-refractivity contribution in [3.63, 3.8) is 0 Å². The Morgan fingerprint density at radius 3 is 2.38 bits per heavy atom. The second kappa shape index (κ2) is 5.98. The molecule has 2 N–H and O–H groups in total. The average Bonchev–Trinajstić information content (AvgIpc) is 2.33. The van der Waals surface area contributed by atoms with E-state index in [4.69, 9.17) is 0 Å². The minimum absolute atomic E-state index is 0.143. The molecule has 0 aliphatic rings. The van der Waals surface area contributed by atoms with Crippen LogP contribution in [0.25, 0.3) is 0 Å². The molecule has 0 radical (unpaired) electrons. The van der Waals surface area contributed by atoms with E-state index in [1.54, 1.807) is 0 Å². The number of rotatable bonds is 5. The smallest absolute Gasteiger partial charge is 0.270 e. The van der Waals surface area contributed by atoms with Crippen LogP contribution in [0.4, 0.5) is 11.4 Å². The molecule has 0 aromatic heterocycles. The summed E-state index contributed by atoms with van der Waals surface area (Å²) in [6, 6.07) is 3.57. The highest BCUT2D eigenvalue weighted by Crippen LogP contribution is 2.27. The lowest BCUT2D eigenvalue weighted by atomic mass is 9.89. The third-order valence-corrected chi connectivity index (χ3v) is 4.20. The van der Waals surface area contributed by atoms with E-state index in [2.05, 4.69) is 5.32 Å². The van der Waals surface area contributed by atoms with Gasteiger partial charge in [0.15, 0.2) is 9.84 Å². The Bertz CT molecular complexity index is 634. The van der Waals surface area contributed by atoms with Crippen molar-refractivity contribution in [1.29, 1.82) is 0 Å². The van der Waals surface area contributed by atoms with Gasteiger partial charge in [0.2, 0.25) is 0 Å². The van der Waals surface area contributed by atoms with Gasteiger partial charge in [0.1, 0.15) is 0 Å². The van der Waals surface area contributed by atoms with Crippen molar-refractivity contribution in [2.24, 2.45) is 5.41 Å². The summed E-state index contributed by atoms with van der Waals surface area (Å²) in [5.41, 5.74) is -0.414. The molecule has 7 nitrogen and oxygen atoms in total. The Morgan fingerprint density at radius 2 is 1.95 bits per heavy atom. The van der Waals surface area contributed by atoms with E-state index in [0.717, 1.165) is 12.3 Å². The first-order chi connectivity index (χ1) is 9.43. The van der Waals surface area contributed by atoms with Crippen molar-refractivity contribution in [1.82, 2.24) is 0 Å². The quantitative estimate of drug-likeness (QED) is 0.633. The van der Waals surface area contributed by atoms with E-state index in [1.165, 1.54) is 12.1 Å². The first kappa shape index (κ1) is 17.4. The molecule has 0 heterocycles.